The first-order valence-electron chi connectivity index (χ1n) is 6.85. The zero-order chi connectivity index (χ0) is 15.9. The number of hydrogen-bond donors (Lipinski definition) is 0. The SMILES string of the molecule is CCOC(=O)/C(=C(/C(=O)OCC)c1cccs1)c1cccs1. The second-order valence-electron chi connectivity index (χ2n) is 4.15. The molecule has 2 rings (SSSR count). The van der Waals surface area contributed by atoms with E-state index in [1.54, 1.807) is 26.0 Å². The quantitative estimate of drug-likeness (QED) is 0.594. The lowest BCUT2D eigenvalue weighted by Gasteiger charge is -2.11. The minimum atomic E-state index is -0.513. The molecule has 0 unspecified atom stereocenters. The molecule has 0 bridgehead atoms. The Bertz CT molecular complexity index is 596. The molecule has 2 heterocycles. The van der Waals surface area contributed by atoms with Crippen LogP contribution in [0.3, 0.4) is 0 Å². The molecule has 0 aliphatic heterocycles. The summed E-state index contributed by atoms with van der Waals surface area (Å²) in [5.41, 5.74) is 0.524. The second kappa shape index (κ2) is 7.91. The van der Waals surface area contributed by atoms with Gasteiger partial charge in [0.25, 0.3) is 0 Å². The van der Waals surface area contributed by atoms with Crippen molar-refractivity contribution < 1.29 is 19.1 Å². The van der Waals surface area contributed by atoms with Gasteiger partial charge in [0.05, 0.1) is 24.4 Å². The van der Waals surface area contributed by atoms with Gasteiger partial charge >= 0.3 is 11.9 Å². The van der Waals surface area contributed by atoms with Crippen LogP contribution in [0, 0.1) is 0 Å². The number of esters is 2. The lowest BCUT2D eigenvalue weighted by atomic mass is 10.0. The molecule has 0 aliphatic carbocycles. The zero-order valence-corrected chi connectivity index (χ0v) is 14.0. The molecule has 0 fully saturated rings. The molecule has 0 spiro atoms. The Hall–Kier alpha value is -1.92. The summed E-state index contributed by atoms with van der Waals surface area (Å²) in [6.45, 7) is 3.96. The Morgan fingerprint density at radius 2 is 1.27 bits per heavy atom. The van der Waals surface area contributed by atoms with E-state index < -0.39 is 11.9 Å². The predicted octanol–water partition coefficient (Wildman–Crippen LogP) is 3.85. The summed E-state index contributed by atoms with van der Waals surface area (Å²) in [6, 6.07) is 7.25. The zero-order valence-electron chi connectivity index (χ0n) is 12.3. The Morgan fingerprint density at radius 3 is 1.55 bits per heavy atom. The van der Waals surface area contributed by atoms with E-state index in [0.29, 0.717) is 9.75 Å². The van der Waals surface area contributed by atoms with E-state index in [-0.39, 0.29) is 24.4 Å². The molecule has 4 nitrogen and oxygen atoms in total. The van der Waals surface area contributed by atoms with E-state index in [2.05, 4.69) is 0 Å². The van der Waals surface area contributed by atoms with Crippen LogP contribution in [0.15, 0.2) is 35.0 Å². The Labute approximate surface area is 137 Å². The molecule has 0 radical (unpaired) electrons. The van der Waals surface area contributed by atoms with Crippen LogP contribution in [0.1, 0.15) is 23.6 Å². The number of hydrogen-bond acceptors (Lipinski definition) is 6. The van der Waals surface area contributed by atoms with Gasteiger partial charge in [0.2, 0.25) is 0 Å². The van der Waals surface area contributed by atoms with Crippen LogP contribution in [-0.4, -0.2) is 25.2 Å². The summed E-state index contributed by atoms with van der Waals surface area (Å²) < 4.78 is 10.3. The van der Waals surface area contributed by atoms with Crippen molar-refractivity contribution in [2.45, 2.75) is 13.8 Å². The monoisotopic (exact) mass is 336 g/mol. The Balaban J connectivity index is 2.64. The van der Waals surface area contributed by atoms with Crippen LogP contribution in [0.2, 0.25) is 0 Å². The normalized spacial score (nSPS) is 11.7. The summed E-state index contributed by atoms with van der Waals surface area (Å²) in [5, 5.41) is 3.71. The van der Waals surface area contributed by atoms with Gasteiger partial charge < -0.3 is 9.47 Å². The topological polar surface area (TPSA) is 52.6 Å². The van der Waals surface area contributed by atoms with E-state index in [1.165, 1.54) is 22.7 Å². The number of rotatable bonds is 6. The first-order valence-corrected chi connectivity index (χ1v) is 8.61. The lowest BCUT2D eigenvalue weighted by Crippen LogP contribution is -2.14. The largest absolute Gasteiger partial charge is 0.462 e. The highest BCUT2D eigenvalue weighted by Crippen LogP contribution is 2.33. The van der Waals surface area contributed by atoms with Crippen LogP contribution in [0.4, 0.5) is 0 Å². The van der Waals surface area contributed by atoms with Crippen LogP contribution in [0.5, 0.6) is 0 Å². The summed E-state index contributed by atoms with van der Waals surface area (Å²) in [7, 11) is 0. The van der Waals surface area contributed by atoms with E-state index in [0.717, 1.165) is 0 Å². The fourth-order valence-electron chi connectivity index (χ4n) is 1.90. The Morgan fingerprint density at radius 1 is 0.864 bits per heavy atom. The molecular weight excluding hydrogens is 320 g/mol. The van der Waals surface area contributed by atoms with Crippen molar-refractivity contribution in [3.05, 3.63) is 44.8 Å². The molecule has 116 valence electrons. The highest BCUT2D eigenvalue weighted by molar-refractivity contribution is 7.13. The summed E-state index contributed by atoms with van der Waals surface area (Å²) in [4.78, 5) is 26.2. The molecule has 0 N–H and O–H groups in total. The third-order valence-corrected chi connectivity index (χ3v) is 4.52. The Kier molecular flexibility index (Phi) is 5.91. The highest BCUT2D eigenvalue weighted by Gasteiger charge is 2.27. The van der Waals surface area contributed by atoms with Crippen molar-refractivity contribution in [2.24, 2.45) is 0 Å². The van der Waals surface area contributed by atoms with Gasteiger partial charge in [-0.1, -0.05) is 12.1 Å². The van der Waals surface area contributed by atoms with E-state index in [9.17, 15) is 9.59 Å². The lowest BCUT2D eigenvalue weighted by molar-refractivity contribution is -0.138. The number of carbonyl (C=O) groups is 2. The molecule has 2 aromatic heterocycles. The second-order valence-corrected chi connectivity index (χ2v) is 6.04. The molecule has 0 amide bonds. The third kappa shape index (κ3) is 3.64. The number of carbonyl (C=O) groups excluding carboxylic acids is 2. The molecular formula is C16H16O4S2. The first-order chi connectivity index (χ1) is 10.7. The maximum Gasteiger partial charge on any atom is 0.340 e. The van der Waals surface area contributed by atoms with Crippen LogP contribution in [0.25, 0.3) is 11.1 Å². The minimum Gasteiger partial charge on any atom is -0.462 e. The van der Waals surface area contributed by atoms with Gasteiger partial charge in [-0.2, -0.15) is 0 Å². The van der Waals surface area contributed by atoms with Crippen molar-refractivity contribution in [3.8, 4) is 0 Å². The molecule has 0 aliphatic rings. The summed E-state index contributed by atoms with van der Waals surface area (Å²) in [6.07, 6.45) is 0. The predicted molar refractivity (Wildman–Crippen MR) is 88.7 cm³/mol. The van der Waals surface area contributed by atoms with Crippen molar-refractivity contribution in [2.75, 3.05) is 13.2 Å². The molecule has 6 heteroatoms. The van der Waals surface area contributed by atoms with Crippen LogP contribution >= 0.6 is 22.7 Å². The standard InChI is InChI=1S/C16H16O4S2/c1-3-19-15(17)13(11-7-5-9-21-11)14(16(18)20-4-2)12-8-6-10-22-12/h5-10H,3-4H2,1-2H3/b14-13+. The van der Waals surface area contributed by atoms with Gasteiger partial charge in [0.15, 0.2) is 0 Å². The van der Waals surface area contributed by atoms with Crippen molar-refractivity contribution >= 4 is 45.8 Å². The number of ether oxygens (including phenoxy) is 2. The molecule has 0 saturated heterocycles. The van der Waals surface area contributed by atoms with Gasteiger partial charge in [0.1, 0.15) is 0 Å². The molecule has 2 aromatic rings. The van der Waals surface area contributed by atoms with Crippen molar-refractivity contribution in [1.29, 1.82) is 0 Å². The van der Waals surface area contributed by atoms with Crippen molar-refractivity contribution in [3.63, 3.8) is 0 Å². The smallest absolute Gasteiger partial charge is 0.340 e. The van der Waals surface area contributed by atoms with Crippen LogP contribution in [-0.2, 0) is 19.1 Å². The van der Waals surface area contributed by atoms with Gasteiger partial charge in [-0.25, -0.2) is 9.59 Å². The van der Waals surface area contributed by atoms with Crippen LogP contribution < -0.4 is 0 Å². The van der Waals surface area contributed by atoms with Gasteiger partial charge in [-0.3, -0.25) is 0 Å². The molecule has 0 aromatic carbocycles. The maximum absolute atomic E-state index is 12.4. The fraction of sp³-hybridized carbons (Fsp3) is 0.250. The third-order valence-electron chi connectivity index (χ3n) is 2.74. The van der Waals surface area contributed by atoms with Gasteiger partial charge in [0, 0.05) is 9.75 Å². The van der Waals surface area contributed by atoms with Gasteiger partial charge in [-0.05, 0) is 36.7 Å². The van der Waals surface area contributed by atoms with Gasteiger partial charge in [-0.15, -0.1) is 22.7 Å². The molecule has 0 atom stereocenters. The maximum atomic E-state index is 12.4. The average Bonchev–Trinajstić information content (AvgIpc) is 3.18. The minimum absolute atomic E-state index is 0.244. The molecule has 0 saturated carbocycles. The summed E-state index contributed by atoms with van der Waals surface area (Å²) in [5.74, 6) is -1.03. The van der Waals surface area contributed by atoms with E-state index in [4.69, 9.17) is 9.47 Å². The van der Waals surface area contributed by atoms with Crippen molar-refractivity contribution in [1.82, 2.24) is 0 Å². The fourth-order valence-corrected chi connectivity index (χ4v) is 3.43. The summed E-state index contributed by atoms with van der Waals surface area (Å²) >= 11 is 2.77. The van der Waals surface area contributed by atoms with E-state index >= 15 is 0 Å². The first kappa shape index (κ1) is 16.5. The molecule has 22 heavy (non-hydrogen) atoms. The van der Waals surface area contributed by atoms with E-state index in [1.807, 2.05) is 22.9 Å². The average molecular weight is 336 g/mol. The highest BCUT2D eigenvalue weighted by atomic mass is 32.1. The number of thiophene rings is 2.